The second-order valence-corrected chi connectivity index (χ2v) is 8.02. The lowest BCUT2D eigenvalue weighted by Gasteiger charge is -2.11. The van der Waals surface area contributed by atoms with Gasteiger partial charge >= 0.3 is 0 Å². The van der Waals surface area contributed by atoms with Gasteiger partial charge in [-0.05, 0) is 36.3 Å². The maximum atomic E-state index is 12.0. The molecule has 0 atom stereocenters. The van der Waals surface area contributed by atoms with Crippen LogP contribution in [0.1, 0.15) is 5.56 Å². The van der Waals surface area contributed by atoms with E-state index in [1.807, 2.05) is 51.5 Å². The number of H-pyrrole nitrogens is 1. The number of hydrogen-bond acceptors (Lipinski definition) is 5. The summed E-state index contributed by atoms with van der Waals surface area (Å²) in [6, 6.07) is 7.90. The third-order valence-corrected chi connectivity index (χ3v) is 5.51. The number of anilines is 1. The van der Waals surface area contributed by atoms with Crippen molar-refractivity contribution in [3.05, 3.63) is 73.5 Å². The molecule has 0 saturated carbocycles. The maximum Gasteiger partial charge on any atom is 0.247 e. The Bertz CT molecular complexity index is 1540. The van der Waals surface area contributed by atoms with Gasteiger partial charge in [-0.1, -0.05) is 18.7 Å². The summed E-state index contributed by atoms with van der Waals surface area (Å²) in [4.78, 5) is 20.0. The summed E-state index contributed by atoms with van der Waals surface area (Å²) < 4.78 is 9.41. The minimum absolute atomic E-state index is 0.263. The topological polar surface area (TPSA) is 103 Å². The first-order chi connectivity index (χ1) is 16.4. The fourth-order valence-corrected chi connectivity index (χ4v) is 3.86. The summed E-state index contributed by atoms with van der Waals surface area (Å²) in [5.41, 5.74) is 6.01. The van der Waals surface area contributed by atoms with E-state index in [0.717, 1.165) is 33.3 Å². The molecule has 170 valence electrons. The molecule has 1 aromatic carbocycles. The van der Waals surface area contributed by atoms with E-state index in [9.17, 15) is 4.79 Å². The van der Waals surface area contributed by atoms with Crippen LogP contribution in [0.2, 0.25) is 0 Å². The van der Waals surface area contributed by atoms with Gasteiger partial charge in [0.15, 0.2) is 5.75 Å². The number of carbonyl (C=O) groups is 1. The third-order valence-electron chi connectivity index (χ3n) is 5.51. The Balaban J connectivity index is 1.69. The normalized spacial score (nSPS) is 11.0. The van der Waals surface area contributed by atoms with Crippen LogP contribution < -0.4 is 10.1 Å². The van der Waals surface area contributed by atoms with Crippen molar-refractivity contribution >= 4 is 22.6 Å². The molecule has 0 aliphatic heterocycles. The van der Waals surface area contributed by atoms with Crippen molar-refractivity contribution in [2.45, 2.75) is 6.92 Å². The van der Waals surface area contributed by atoms with Crippen LogP contribution in [0.25, 0.3) is 33.4 Å². The fourth-order valence-electron chi connectivity index (χ4n) is 3.86. The van der Waals surface area contributed by atoms with Gasteiger partial charge in [-0.3, -0.25) is 14.2 Å². The summed E-state index contributed by atoms with van der Waals surface area (Å²) in [6.07, 6.45) is 10.1. The second-order valence-electron chi connectivity index (χ2n) is 8.02. The minimum atomic E-state index is -0.263. The van der Waals surface area contributed by atoms with Crippen molar-refractivity contribution in [1.82, 2.24) is 29.5 Å². The van der Waals surface area contributed by atoms with E-state index in [0.29, 0.717) is 22.8 Å². The molecule has 2 N–H and O–H groups in total. The van der Waals surface area contributed by atoms with Crippen LogP contribution in [0.5, 0.6) is 11.5 Å². The number of nitrogens with zero attached hydrogens (tertiary/aromatic N) is 5. The van der Waals surface area contributed by atoms with Crippen LogP contribution in [0.15, 0.2) is 67.9 Å². The Hall–Kier alpha value is -4.66. The van der Waals surface area contributed by atoms with E-state index in [4.69, 9.17) is 4.74 Å². The number of hydrogen-bond donors (Lipinski definition) is 2. The number of benzene rings is 1. The first-order valence-corrected chi connectivity index (χ1v) is 10.6. The van der Waals surface area contributed by atoms with Gasteiger partial charge in [-0.25, -0.2) is 4.98 Å². The summed E-state index contributed by atoms with van der Waals surface area (Å²) >= 11 is 0. The molecular weight excluding hydrogens is 430 g/mol. The Morgan fingerprint density at radius 3 is 2.56 bits per heavy atom. The zero-order valence-electron chi connectivity index (χ0n) is 19.0. The number of aromatic amines is 1. The van der Waals surface area contributed by atoms with E-state index in [1.54, 1.807) is 34.2 Å². The highest BCUT2D eigenvalue weighted by atomic mass is 16.5. The van der Waals surface area contributed by atoms with Gasteiger partial charge in [0.05, 0.1) is 30.5 Å². The molecule has 0 spiro atoms. The van der Waals surface area contributed by atoms with Crippen molar-refractivity contribution in [3.63, 3.8) is 0 Å². The highest BCUT2D eigenvalue weighted by Gasteiger charge is 2.19. The lowest BCUT2D eigenvalue weighted by atomic mass is 9.98. The lowest BCUT2D eigenvalue weighted by Crippen LogP contribution is -2.08. The molecule has 1 amide bonds. The number of ether oxygens (including phenoxy) is 1. The van der Waals surface area contributed by atoms with Gasteiger partial charge in [-0.15, -0.1) is 0 Å². The molecule has 4 heterocycles. The van der Waals surface area contributed by atoms with Gasteiger partial charge in [0.2, 0.25) is 5.91 Å². The van der Waals surface area contributed by atoms with Gasteiger partial charge < -0.3 is 15.0 Å². The Morgan fingerprint density at radius 1 is 1.06 bits per heavy atom. The van der Waals surface area contributed by atoms with Crippen molar-refractivity contribution in [1.29, 1.82) is 0 Å². The van der Waals surface area contributed by atoms with E-state index in [1.165, 1.54) is 6.08 Å². The number of nitrogens with one attached hydrogen (secondary N) is 2. The van der Waals surface area contributed by atoms with Crippen LogP contribution in [0, 0.1) is 6.92 Å². The summed E-state index contributed by atoms with van der Waals surface area (Å²) in [7, 11) is 3.71. The zero-order chi connectivity index (χ0) is 23.8. The average molecular weight is 454 g/mol. The van der Waals surface area contributed by atoms with E-state index < -0.39 is 0 Å². The highest BCUT2D eigenvalue weighted by molar-refractivity contribution is 6.04. The quantitative estimate of drug-likeness (QED) is 0.366. The molecule has 0 unspecified atom stereocenters. The molecule has 5 rings (SSSR count). The number of carbonyl (C=O) groups excluding carboxylic acids is 1. The van der Waals surface area contributed by atoms with Crippen LogP contribution in [0.4, 0.5) is 5.69 Å². The van der Waals surface area contributed by atoms with Crippen molar-refractivity contribution < 1.29 is 9.53 Å². The lowest BCUT2D eigenvalue weighted by molar-refractivity contribution is -0.111. The molecule has 0 radical (unpaired) electrons. The minimum Gasteiger partial charge on any atom is -0.452 e. The third kappa shape index (κ3) is 3.95. The first-order valence-electron chi connectivity index (χ1n) is 10.6. The van der Waals surface area contributed by atoms with Gasteiger partial charge in [0.25, 0.3) is 0 Å². The molecule has 5 aromatic rings. The van der Waals surface area contributed by atoms with Crippen LogP contribution in [-0.4, -0.2) is 35.4 Å². The molecule has 4 aromatic heterocycles. The van der Waals surface area contributed by atoms with Crippen LogP contribution in [0.3, 0.4) is 0 Å². The first kappa shape index (κ1) is 21.2. The van der Waals surface area contributed by atoms with Crippen molar-refractivity contribution in [2.75, 3.05) is 5.32 Å². The zero-order valence-corrected chi connectivity index (χ0v) is 19.0. The number of aromatic nitrogens is 6. The number of amides is 1. The predicted molar refractivity (Wildman–Crippen MR) is 131 cm³/mol. The molecule has 9 nitrogen and oxygen atoms in total. The molecule has 0 aliphatic rings. The Labute approximate surface area is 195 Å². The van der Waals surface area contributed by atoms with Gasteiger partial charge in [0, 0.05) is 42.5 Å². The predicted octanol–water partition coefficient (Wildman–Crippen LogP) is 4.59. The fraction of sp³-hybridized carbons (Fsp3) is 0.120. The van der Waals surface area contributed by atoms with Crippen molar-refractivity contribution in [3.8, 4) is 33.9 Å². The van der Waals surface area contributed by atoms with Gasteiger partial charge in [0.1, 0.15) is 11.4 Å². The summed E-state index contributed by atoms with van der Waals surface area (Å²) in [5, 5.41) is 12.2. The average Bonchev–Trinajstić information content (AvgIpc) is 3.53. The molecule has 34 heavy (non-hydrogen) atoms. The van der Waals surface area contributed by atoms with Crippen LogP contribution in [-0.2, 0) is 18.9 Å². The Morgan fingerprint density at radius 2 is 1.85 bits per heavy atom. The number of pyridine rings is 1. The highest BCUT2D eigenvalue weighted by Crippen LogP contribution is 2.40. The largest absolute Gasteiger partial charge is 0.452 e. The monoisotopic (exact) mass is 453 g/mol. The number of fused-ring (bicyclic) bond motifs is 1. The molecular formula is C25H23N7O2. The van der Waals surface area contributed by atoms with Gasteiger partial charge in [-0.2, -0.15) is 10.2 Å². The molecule has 9 heteroatoms. The molecule has 0 saturated heterocycles. The summed E-state index contributed by atoms with van der Waals surface area (Å²) in [5.74, 6) is 0.948. The summed E-state index contributed by atoms with van der Waals surface area (Å²) in [6.45, 7) is 5.49. The smallest absolute Gasteiger partial charge is 0.247 e. The number of aryl methyl sites for hydroxylation is 3. The second kappa shape index (κ2) is 8.36. The number of rotatable bonds is 6. The van der Waals surface area contributed by atoms with Crippen LogP contribution >= 0.6 is 0 Å². The maximum absolute atomic E-state index is 12.0. The molecule has 0 bridgehead atoms. The van der Waals surface area contributed by atoms with E-state index in [-0.39, 0.29) is 5.91 Å². The van der Waals surface area contributed by atoms with Crippen molar-refractivity contribution in [2.24, 2.45) is 14.1 Å². The SMILES string of the molecule is C=CC(=O)Nc1cc(-c2c(-c3cnn(C)c3)[nH]c3ncc(Oc4cnn(C)c4)cc23)ccc1C. The Kier molecular flexibility index (Phi) is 5.21. The van der Waals surface area contributed by atoms with E-state index in [2.05, 4.69) is 32.1 Å². The molecule has 0 fully saturated rings. The van der Waals surface area contributed by atoms with E-state index >= 15 is 0 Å². The standard InChI is InChI=1S/C25H23N7O2/c1-5-22(33)29-21-8-16(7-6-15(21)2)23-20-9-18(34-19-12-28-32(4)14-19)11-26-25(20)30-24(23)17-10-27-31(3)13-17/h5-14H,1H2,2-4H3,(H,26,30)(H,29,33). The molecule has 0 aliphatic carbocycles.